The lowest BCUT2D eigenvalue weighted by Crippen LogP contribution is -2.41. The number of rotatable bonds is 5. The van der Waals surface area contributed by atoms with E-state index >= 15 is 0 Å². The van der Waals surface area contributed by atoms with Gasteiger partial charge in [-0.1, -0.05) is 19.1 Å². The number of likely N-dealkylation sites (tertiary alicyclic amines) is 1. The van der Waals surface area contributed by atoms with Gasteiger partial charge in [-0.05, 0) is 50.9 Å². The fourth-order valence-corrected chi connectivity index (χ4v) is 2.91. The van der Waals surface area contributed by atoms with Crippen molar-refractivity contribution in [2.75, 3.05) is 32.1 Å². The molecule has 2 unspecified atom stereocenters. The molecule has 2 atom stereocenters. The van der Waals surface area contributed by atoms with E-state index in [4.69, 9.17) is 4.74 Å². The maximum Gasteiger partial charge on any atom is 0.141 e. The predicted molar refractivity (Wildman–Crippen MR) is 80.9 cm³/mol. The summed E-state index contributed by atoms with van der Waals surface area (Å²) in [5.41, 5.74) is 1.10. The molecule has 3 heteroatoms. The molecule has 0 amide bonds. The zero-order chi connectivity index (χ0) is 13.7. The fourth-order valence-electron chi connectivity index (χ4n) is 2.91. The second kappa shape index (κ2) is 6.80. The quantitative estimate of drug-likeness (QED) is 0.881. The van der Waals surface area contributed by atoms with Crippen LogP contribution in [0.1, 0.15) is 26.7 Å². The van der Waals surface area contributed by atoms with Crippen molar-refractivity contribution in [3.8, 4) is 5.75 Å². The van der Waals surface area contributed by atoms with Gasteiger partial charge in [0.25, 0.3) is 0 Å². The third-order valence-corrected chi connectivity index (χ3v) is 4.19. The molecule has 0 aliphatic carbocycles. The van der Waals surface area contributed by atoms with Gasteiger partial charge in [-0.15, -0.1) is 0 Å². The zero-order valence-electron chi connectivity index (χ0n) is 12.4. The molecule has 1 aromatic carbocycles. The van der Waals surface area contributed by atoms with E-state index in [9.17, 15) is 0 Å². The van der Waals surface area contributed by atoms with E-state index in [0.29, 0.717) is 6.04 Å². The number of nitrogens with zero attached hydrogens (tertiary/aromatic N) is 1. The second-order valence-corrected chi connectivity index (χ2v) is 5.43. The van der Waals surface area contributed by atoms with Crippen LogP contribution in [0.3, 0.4) is 0 Å². The molecule has 3 nitrogen and oxygen atoms in total. The number of ether oxygens (including phenoxy) is 1. The van der Waals surface area contributed by atoms with Crippen molar-refractivity contribution in [1.29, 1.82) is 0 Å². The van der Waals surface area contributed by atoms with Crippen molar-refractivity contribution in [1.82, 2.24) is 4.90 Å². The first-order chi connectivity index (χ1) is 9.24. The zero-order valence-corrected chi connectivity index (χ0v) is 12.4. The topological polar surface area (TPSA) is 24.5 Å². The van der Waals surface area contributed by atoms with Gasteiger partial charge in [-0.25, -0.2) is 0 Å². The number of nitrogens with one attached hydrogen (secondary N) is 1. The Labute approximate surface area is 116 Å². The van der Waals surface area contributed by atoms with E-state index in [-0.39, 0.29) is 0 Å². The summed E-state index contributed by atoms with van der Waals surface area (Å²) in [7, 11) is 1.73. The monoisotopic (exact) mass is 262 g/mol. The molecule has 1 fully saturated rings. The van der Waals surface area contributed by atoms with Gasteiger partial charge in [0.05, 0.1) is 12.8 Å². The summed E-state index contributed by atoms with van der Waals surface area (Å²) in [6, 6.07) is 8.64. The van der Waals surface area contributed by atoms with Crippen molar-refractivity contribution in [3.63, 3.8) is 0 Å². The van der Waals surface area contributed by atoms with Gasteiger partial charge in [0.15, 0.2) is 0 Å². The molecule has 0 aromatic heterocycles. The van der Waals surface area contributed by atoms with E-state index in [0.717, 1.165) is 23.9 Å². The molecule has 0 spiro atoms. The van der Waals surface area contributed by atoms with Crippen LogP contribution >= 0.6 is 0 Å². The number of piperidine rings is 1. The summed E-state index contributed by atoms with van der Waals surface area (Å²) in [6.07, 6.45) is 2.64. The number of anilines is 1. The first-order valence-electron chi connectivity index (χ1n) is 7.36. The van der Waals surface area contributed by atoms with E-state index in [1.165, 1.54) is 25.9 Å². The van der Waals surface area contributed by atoms with Gasteiger partial charge < -0.3 is 15.0 Å². The molecule has 1 saturated heterocycles. The maximum absolute atomic E-state index is 5.40. The van der Waals surface area contributed by atoms with Crippen LogP contribution in [0.25, 0.3) is 0 Å². The summed E-state index contributed by atoms with van der Waals surface area (Å²) in [6.45, 7) is 8.17. The molecule has 106 valence electrons. The Morgan fingerprint density at radius 3 is 2.95 bits per heavy atom. The highest BCUT2D eigenvalue weighted by Gasteiger charge is 2.24. The summed E-state index contributed by atoms with van der Waals surface area (Å²) < 4.78 is 5.40. The molecule has 2 rings (SSSR count). The molecule has 1 N–H and O–H groups in total. The van der Waals surface area contributed by atoms with Crippen LogP contribution in [-0.4, -0.2) is 37.7 Å². The Balaban J connectivity index is 1.98. The molecule has 1 aliphatic rings. The lowest BCUT2D eigenvalue weighted by molar-refractivity contribution is 0.172. The third kappa shape index (κ3) is 3.63. The smallest absolute Gasteiger partial charge is 0.141 e. The minimum absolute atomic E-state index is 0.477. The van der Waals surface area contributed by atoms with E-state index < -0.39 is 0 Å². The predicted octanol–water partition coefficient (Wildman–Crippen LogP) is 3.23. The van der Waals surface area contributed by atoms with E-state index in [1.807, 2.05) is 12.1 Å². The second-order valence-electron chi connectivity index (χ2n) is 5.43. The Hall–Kier alpha value is -1.22. The molecule has 0 saturated carbocycles. The summed E-state index contributed by atoms with van der Waals surface area (Å²) in [5.74, 6) is 1.65. The molecule has 0 radical (unpaired) electrons. The normalized spacial score (nSPS) is 21.9. The van der Waals surface area contributed by atoms with Gasteiger partial charge in [0.1, 0.15) is 5.75 Å². The van der Waals surface area contributed by atoms with Crippen LogP contribution in [0.5, 0.6) is 5.75 Å². The largest absolute Gasteiger partial charge is 0.495 e. The summed E-state index contributed by atoms with van der Waals surface area (Å²) >= 11 is 0. The van der Waals surface area contributed by atoms with Crippen molar-refractivity contribution >= 4 is 5.69 Å². The van der Waals surface area contributed by atoms with Crippen LogP contribution in [0.4, 0.5) is 5.69 Å². The van der Waals surface area contributed by atoms with Crippen LogP contribution < -0.4 is 10.1 Å². The van der Waals surface area contributed by atoms with Gasteiger partial charge in [-0.2, -0.15) is 0 Å². The number of benzene rings is 1. The summed E-state index contributed by atoms with van der Waals surface area (Å²) in [5, 5.41) is 3.62. The Kier molecular flexibility index (Phi) is 5.08. The Bertz CT molecular complexity index is 394. The molecule has 1 aromatic rings. The van der Waals surface area contributed by atoms with Gasteiger partial charge >= 0.3 is 0 Å². The van der Waals surface area contributed by atoms with Crippen LogP contribution in [0.15, 0.2) is 24.3 Å². The lowest BCUT2D eigenvalue weighted by atomic mass is 9.91. The first-order valence-corrected chi connectivity index (χ1v) is 7.36. The number of methoxy groups -OCH3 is 1. The SMILES string of the molecule is CCN1CCCC(C(C)Nc2ccccc2OC)C1. The van der Waals surface area contributed by atoms with Crippen LogP contribution in [0.2, 0.25) is 0 Å². The molecule has 19 heavy (non-hydrogen) atoms. The van der Waals surface area contributed by atoms with Crippen molar-refractivity contribution in [2.45, 2.75) is 32.7 Å². The van der Waals surface area contributed by atoms with Gasteiger partial charge in [0.2, 0.25) is 0 Å². The van der Waals surface area contributed by atoms with E-state index in [1.54, 1.807) is 7.11 Å². The fraction of sp³-hybridized carbons (Fsp3) is 0.625. The highest BCUT2D eigenvalue weighted by molar-refractivity contribution is 5.56. The van der Waals surface area contributed by atoms with E-state index in [2.05, 4.69) is 36.2 Å². The first kappa shape index (κ1) is 14.2. The molecular formula is C16H26N2O. The van der Waals surface area contributed by atoms with Crippen molar-refractivity contribution < 1.29 is 4.74 Å². The maximum atomic E-state index is 5.40. The van der Waals surface area contributed by atoms with Crippen LogP contribution in [-0.2, 0) is 0 Å². The standard InChI is InChI=1S/C16H26N2O/c1-4-18-11-7-8-14(12-18)13(2)17-15-9-5-6-10-16(15)19-3/h5-6,9-10,13-14,17H,4,7-8,11-12H2,1-3H3. The third-order valence-electron chi connectivity index (χ3n) is 4.19. The molecular weight excluding hydrogens is 236 g/mol. The van der Waals surface area contributed by atoms with Crippen molar-refractivity contribution in [3.05, 3.63) is 24.3 Å². The lowest BCUT2D eigenvalue weighted by Gasteiger charge is -2.36. The summed E-state index contributed by atoms with van der Waals surface area (Å²) in [4.78, 5) is 2.55. The van der Waals surface area contributed by atoms with Gasteiger partial charge in [-0.3, -0.25) is 0 Å². The van der Waals surface area contributed by atoms with Gasteiger partial charge in [0, 0.05) is 12.6 Å². The molecule has 0 bridgehead atoms. The minimum atomic E-state index is 0.477. The molecule has 1 heterocycles. The van der Waals surface area contributed by atoms with Crippen molar-refractivity contribution in [2.24, 2.45) is 5.92 Å². The average Bonchev–Trinajstić information content (AvgIpc) is 2.47. The van der Waals surface area contributed by atoms with Crippen LogP contribution in [0, 0.1) is 5.92 Å². The minimum Gasteiger partial charge on any atom is -0.495 e. The Morgan fingerprint density at radius 1 is 1.42 bits per heavy atom. The molecule has 1 aliphatic heterocycles. The highest BCUT2D eigenvalue weighted by atomic mass is 16.5. The number of hydrogen-bond donors (Lipinski definition) is 1. The average molecular weight is 262 g/mol. The highest BCUT2D eigenvalue weighted by Crippen LogP contribution is 2.27. The number of hydrogen-bond acceptors (Lipinski definition) is 3. The Morgan fingerprint density at radius 2 is 2.21 bits per heavy atom. The number of para-hydroxylation sites is 2.